The second-order valence-electron chi connectivity index (χ2n) is 14.8. The minimum Gasteiger partial charge on any atom is -0.0622 e. The van der Waals surface area contributed by atoms with Gasteiger partial charge in [-0.15, -0.1) is 0 Å². The molecule has 0 spiro atoms. The molecule has 0 bridgehead atoms. The van der Waals surface area contributed by atoms with E-state index in [4.69, 9.17) is 0 Å². The summed E-state index contributed by atoms with van der Waals surface area (Å²) >= 11 is 0. The highest BCUT2D eigenvalue weighted by molar-refractivity contribution is 6.05. The molecule has 55 heavy (non-hydrogen) atoms. The van der Waals surface area contributed by atoms with Crippen LogP contribution < -0.4 is 0 Å². The number of fused-ring (bicyclic) bond motifs is 7. The minimum absolute atomic E-state index is 0.501. The highest BCUT2D eigenvalue weighted by atomic mass is 14.5. The van der Waals surface area contributed by atoms with Crippen LogP contribution >= 0.6 is 0 Å². The predicted octanol–water partition coefficient (Wildman–Crippen LogP) is 14.5. The van der Waals surface area contributed by atoms with Crippen molar-refractivity contribution in [1.29, 1.82) is 0 Å². The van der Waals surface area contributed by atoms with Gasteiger partial charge in [0.05, 0.1) is 5.41 Å². The van der Waals surface area contributed by atoms with Gasteiger partial charge in [-0.2, -0.15) is 0 Å². The summed E-state index contributed by atoms with van der Waals surface area (Å²) in [5.41, 5.74) is 14.6. The van der Waals surface area contributed by atoms with Gasteiger partial charge in [0, 0.05) is 0 Å². The summed E-state index contributed by atoms with van der Waals surface area (Å²) in [4.78, 5) is 0. The van der Waals surface area contributed by atoms with E-state index in [9.17, 15) is 0 Å². The number of hydrogen-bond acceptors (Lipinski definition) is 0. The third-order valence-electron chi connectivity index (χ3n) is 11.9. The smallest absolute Gasteiger partial charge is 0.0622 e. The topological polar surface area (TPSA) is 0 Å². The third-order valence-corrected chi connectivity index (χ3v) is 11.9. The molecule has 1 aliphatic rings. The van der Waals surface area contributed by atoms with Crippen molar-refractivity contribution in [2.45, 2.75) is 5.41 Å². The van der Waals surface area contributed by atoms with Gasteiger partial charge in [-0.05, 0) is 123 Å². The summed E-state index contributed by atoms with van der Waals surface area (Å²) in [5.74, 6) is 0. The van der Waals surface area contributed by atoms with Crippen LogP contribution in [0.2, 0.25) is 0 Å². The Morgan fingerprint density at radius 3 is 1.31 bits per heavy atom. The zero-order valence-corrected chi connectivity index (χ0v) is 30.3. The van der Waals surface area contributed by atoms with Gasteiger partial charge in [-0.1, -0.05) is 194 Å². The highest BCUT2D eigenvalue weighted by Gasteiger charge is 2.46. The first-order valence-corrected chi connectivity index (χ1v) is 19.2. The van der Waals surface area contributed by atoms with Crippen molar-refractivity contribution in [3.05, 3.63) is 241 Å². The summed E-state index contributed by atoms with van der Waals surface area (Å²) in [6, 6.07) is 81.1. The fraction of sp³-hybridized carbons (Fsp3) is 0.0182. The van der Waals surface area contributed by atoms with E-state index in [1.807, 2.05) is 0 Å². The Morgan fingerprint density at radius 1 is 0.255 bits per heavy atom. The lowest BCUT2D eigenvalue weighted by Gasteiger charge is -2.34. The molecule has 10 aromatic carbocycles. The Labute approximate surface area is 321 Å². The Morgan fingerprint density at radius 2 is 0.727 bits per heavy atom. The molecule has 0 radical (unpaired) electrons. The van der Waals surface area contributed by atoms with Gasteiger partial charge in [0.25, 0.3) is 0 Å². The standard InChI is InChI=1S/C55H36/c1-3-20-44(21-4-1)55(45-22-5-2-6-23-45)52-32-30-39-17-9-12-26-50(39)54(52)51-31-29-40(36-53(51)55)41-33-42(48-27-13-18-37-15-7-10-24-46(37)48)35-43(34-41)49-28-14-19-38-16-8-11-25-47(38)49/h1-36H. The molecule has 0 unspecified atom stereocenters. The van der Waals surface area contributed by atoms with E-state index >= 15 is 0 Å². The summed E-state index contributed by atoms with van der Waals surface area (Å²) in [5, 5.41) is 7.56. The van der Waals surface area contributed by atoms with E-state index in [-0.39, 0.29) is 0 Å². The molecule has 11 rings (SSSR count). The van der Waals surface area contributed by atoms with Crippen LogP contribution in [-0.2, 0) is 5.41 Å². The maximum atomic E-state index is 2.50. The second-order valence-corrected chi connectivity index (χ2v) is 14.8. The molecule has 1 aliphatic carbocycles. The first-order chi connectivity index (χ1) is 27.3. The first-order valence-electron chi connectivity index (χ1n) is 19.2. The van der Waals surface area contributed by atoms with Crippen LogP contribution in [0.4, 0.5) is 0 Å². The fourth-order valence-electron chi connectivity index (χ4n) is 9.50. The Hall–Kier alpha value is -7.02. The molecular weight excluding hydrogens is 661 g/mol. The molecule has 0 atom stereocenters. The third kappa shape index (κ3) is 4.85. The van der Waals surface area contributed by atoms with Gasteiger partial charge >= 0.3 is 0 Å². The van der Waals surface area contributed by atoms with Crippen LogP contribution in [-0.4, -0.2) is 0 Å². The lowest BCUT2D eigenvalue weighted by molar-refractivity contribution is 0.769. The molecule has 0 aliphatic heterocycles. The Kier molecular flexibility index (Phi) is 7.19. The van der Waals surface area contributed by atoms with Crippen LogP contribution in [0, 0.1) is 0 Å². The summed E-state index contributed by atoms with van der Waals surface area (Å²) < 4.78 is 0. The summed E-state index contributed by atoms with van der Waals surface area (Å²) in [7, 11) is 0. The van der Waals surface area contributed by atoms with E-state index in [1.54, 1.807) is 0 Å². The first kappa shape index (κ1) is 31.5. The molecule has 0 saturated heterocycles. The summed E-state index contributed by atoms with van der Waals surface area (Å²) in [6.45, 7) is 0. The largest absolute Gasteiger partial charge is 0.0714 e. The normalized spacial score (nSPS) is 12.9. The van der Waals surface area contributed by atoms with Crippen molar-refractivity contribution in [2.75, 3.05) is 0 Å². The van der Waals surface area contributed by atoms with E-state index in [1.165, 1.54) is 99.1 Å². The molecule has 0 heteroatoms. The monoisotopic (exact) mass is 696 g/mol. The van der Waals surface area contributed by atoms with Crippen molar-refractivity contribution in [3.63, 3.8) is 0 Å². The van der Waals surface area contributed by atoms with Gasteiger partial charge in [-0.3, -0.25) is 0 Å². The number of benzene rings is 10. The molecule has 0 N–H and O–H groups in total. The van der Waals surface area contributed by atoms with Crippen LogP contribution in [0.1, 0.15) is 22.3 Å². The summed E-state index contributed by atoms with van der Waals surface area (Å²) in [6.07, 6.45) is 0. The molecule has 0 amide bonds. The fourth-order valence-corrected chi connectivity index (χ4v) is 9.50. The molecular formula is C55H36. The molecule has 0 saturated carbocycles. The SMILES string of the molecule is c1ccc(C2(c3ccccc3)c3cc(-c4cc(-c5cccc6ccccc56)cc(-c5cccc6ccccc56)c4)ccc3-c3c2ccc2ccccc32)cc1. The molecule has 256 valence electrons. The average Bonchev–Trinajstić information content (AvgIpc) is 3.57. The zero-order chi connectivity index (χ0) is 36.3. The van der Waals surface area contributed by atoms with Gasteiger partial charge in [0.2, 0.25) is 0 Å². The lowest BCUT2D eigenvalue weighted by Crippen LogP contribution is -2.28. The molecule has 0 nitrogen and oxygen atoms in total. The Balaban J connectivity index is 1.22. The molecule has 0 aromatic heterocycles. The van der Waals surface area contributed by atoms with Crippen LogP contribution in [0.15, 0.2) is 218 Å². The van der Waals surface area contributed by atoms with Crippen LogP contribution in [0.5, 0.6) is 0 Å². The van der Waals surface area contributed by atoms with E-state index in [2.05, 4.69) is 218 Å². The van der Waals surface area contributed by atoms with E-state index in [0.717, 1.165) is 0 Å². The van der Waals surface area contributed by atoms with Crippen molar-refractivity contribution in [2.24, 2.45) is 0 Å². The van der Waals surface area contributed by atoms with Gasteiger partial charge in [0.15, 0.2) is 0 Å². The maximum absolute atomic E-state index is 2.50. The van der Waals surface area contributed by atoms with Crippen molar-refractivity contribution in [1.82, 2.24) is 0 Å². The zero-order valence-electron chi connectivity index (χ0n) is 30.3. The van der Waals surface area contributed by atoms with Crippen molar-refractivity contribution in [3.8, 4) is 44.5 Å². The number of hydrogen-bond donors (Lipinski definition) is 0. The van der Waals surface area contributed by atoms with Crippen molar-refractivity contribution < 1.29 is 0 Å². The highest BCUT2D eigenvalue weighted by Crippen LogP contribution is 2.58. The molecule has 0 heterocycles. The molecule has 0 fully saturated rings. The van der Waals surface area contributed by atoms with E-state index in [0.29, 0.717) is 0 Å². The molecule has 10 aromatic rings. The number of rotatable bonds is 5. The minimum atomic E-state index is -0.501. The van der Waals surface area contributed by atoms with Crippen LogP contribution in [0.3, 0.4) is 0 Å². The average molecular weight is 697 g/mol. The Bertz CT molecular complexity index is 2930. The van der Waals surface area contributed by atoms with Crippen molar-refractivity contribution >= 4 is 32.3 Å². The quantitative estimate of drug-likeness (QED) is 0.168. The maximum Gasteiger partial charge on any atom is 0.0714 e. The van der Waals surface area contributed by atoms with Gasteiger partial charge < -0.3 is 0 Å². The van der Waals surface area contributed by atoms with Gasteiger partial charge in [0.1, 0.15) is 0 Å². The lowest BCUT2D eigenvalue weighted by atomic mass is 9.67. The van der Waals surface area contributed by atoms with E-state index < -0.39 is 5.41 Å². The van der Waals surface area contributed by atoms with Crippen LogP contribution in [0.25, 0.3) is 76.8 Å². The predicted molar refractivity (Wildman–Crippen MR) is 233 cm³/mol. The second kappa shape index (κ2) is 12.5. The van der Waals surface area contributed by atoms with Gasteiger partial charge in [-0.25, -0.2) is 0 Å².